The Balaban J connectivity index is 1.38. The molecule has 0 atom stereocenters. The van der Waals surface area contributed by atoms with E-state index < -0.39 is 11.9 Å². The third-order valence-corrected chi connectivity index (χ3v) is 4.10. The van der Waals surface area contributed by atoms with Gasteiger partial charge in [0.15, 0.2) is 23.0 Å². The van der Waals surface area contributed by atoms with Gasteiger partial charge in [-0.3, -0.25) is 15.0 Å². The third-order valence-electron chi connectivity index (χ3n) is 4.10. The predicted molar refractivity (Wildman–Crippen MR) is 106 cm³/mol. The first-order valence-corrected chi connectivity index (χ1v) is 9.00. The number of hydrogen-bond acceptors (Lipinski definition) is 7. The second-order valence-corrected chi connectivity index (χ2v) is 6.31. The van der Waals surface area contributed by atoms with Crippen molar-refractivity contribution >= 4 is 17.6 Å². The minimum atomic E-state index is -0.618. The summed E-state index contributed by atoms with van der Waals surface area (Å²) < 4.78 is 21.4. The highest BCUT2D eigenvalue weighted by atomic mass is 16.7. The van der Waals surface area contributed by atoms with Crippen LogP contribution in [0.3, 0.4) is 0 Å². The Kier molecular flexibility index (Phi) is 6.75. The molecule has 1 aliphatic heterocycles. The van der Waals surface area contributed by atoms with Gasteiger partial charge >= 0.3 is 6.03 Å². The van der Waals surface area contributed by atoms with Crippen molar-refractivity contribution in [2.75, 3.05) is 46.0 Å². The molecule has 154 valence electrons. The molecule has 0 aliphatic carbocycles. The number of likely N-dealkylation sites (N-methyl/N-ethyl adjacent to an activating group) is 1. The maximum Gasteiger partial charge on any atom is 0.325 e. The van der Waals surface area contributed by atoms with Crippen molar-refractivity contribution in [3.8, 4) is 23.0 Å². The first kappa shape index (κ1) is 20.3. The molecule has 2 aromatic rings. The Labute approximate surface area is 168 Å². The summed E-state index contributed by atoms with van der Waals surface area (Å²) in [6.07, 6.45) is 0. The number of methoxy groups -OCH3 is 1. The highest BCUT2D eigenvalue weighted by Crippen LogP contribution is 2.34. The first-order valence-electron chi connectivity index (χ1n) is 9.00. The molecule has 3 rings (SSSR count). The Bertz CT molecular complexity index is 873. The summed E-state index contributed by atoms with van der Waals surface area (Å²) in [7, 11) is 3.34. The zero-order valence-corrected chi connectivity index (χ0v) is 16.3. The summed E-state index contributed by atoms with van der Waals surface area (Å²) >= 11 is 0. The van der Waals surface area contributed by atoms with Crippen LogP contribution in [0, 0.1) is 0 Å². The van der Waals surface area contributed by atoms with Gasteiger partial charge in [0, 0.05) is 18.3 Å². The lowest BCUT2D eigenvalue weighted by atomic mass is 10.3. The molecule has 1 heterocycles. The lowest BCUT2D eigenvalue weighted by molar-refractivity contribution is -0.120. The number of benzene rings is 2. The Morgan fingerprint density at radius 2 is 1.86 bits per heavy atom. The number of ether oxygens (including phenoxy) is 4. The SMILES string of the molecule is COc1ccccc1OCCN(C)CC(=O)NC(=O)Nc1ccc2c(c1)OCO2. The fraction of sp³-hybridized carbons (Fsp3) is 0.300. The largest absolute Gasteiger partial charge is 0.493 e. The van der Waals surface area contributed by atoms with Crippen LogP contribution in [0.1, 0.15) is 0 Å². The van der Waals surface area contributed by atoms with Crippen molar-refractivity contribution in [2.24, 2.45) is 0 Å². The van der Waals surface area contributed by atoms with Gasteiger partial charge in [-0.25, -0.2) is 4.79 Å². The van der Waals surface area contributed by atoms with E-state index in [9.17, 15) is 9.59 Å². The van der Waals surface area contributed by atoms with Crippen LogP contribution < -0.4 is 29.6 Å². The Morgan fingerprint density at radius 1 is 1.10 bits per heavy atom. The highest BCUT2D eigenvalue weighted by molar-refractivity contribution is 6.01. The van der Waals surface area contributed by atoms with Gasteiger partial charge in [0.05, 0.1) is 13.7 Å². The van der Waals surface area contributed by atoms with Crippen molar-refractivity contribution in [2.45, 2.75) is 0 Å². The molecule has 0 aromatic heterocycles. The smallest absolute Gasteiger partial charge is 0.325 e. The number of fused-ring (bicyclic) bond motifs is 1. The number of para-hydroxylation sites is 2. The normalized spacial score (nSPS) is 11.8. The third kappa shape index (κ3) is 5.76. The monoisotopic (exact) mass is 401 g/mol. The van der Waals surface area contributed by atoms with E-state index in [1.165, 1.54) is 0 Å². The van der Waals surface area contributed by atoms with E-state index in [-0.39, 0.29) is 13.3 Å². The lowest BCUT2D eigenvalue weighted by Crippen LogP contribution is -2.41. The molecule has 9 nitrogen and oxygen atoms in total. The summed E-state index contributed by atoms with van der Waals surface area (Å²) in [6, 6.07) is 11.7. The minimum absolute atomic E-state index is 0.0455. The lowest BCUT2D eigenvalue weighted by Gasteiger charge is -2.17. The number of nitrogens with zero attached hydrogens (tertiary/aromatic N) is 1. The number of urea groups is 1. The molecular weight excluding hydrogens is 378 g/mol. The maximum absolute atomic E-state index is 12.1. The highest BCUT2D eigenvalue weighted by Gasteiger charge is 2.15. The van der Waals surface area contributed by atoms with E-state index in [0.29, 0.717) is 41.8 Å². The predicted octanol–water partition coefficient (Wildman–Crippen LogP) is 2.08. The van der Waals surface area contributed by atoms with Gasteiger partial charge in [0.2, 0.25) is 12.7 Å². The van der Waals surface area contributed by atoms with Crippen LogP contribution in [-0.4, -0.2) is 57.5 Å². The summed E-state index contributed by atoms with van der Waals surface area (Å²) in [5.74, 6) is 2.01. The average Bonchev–Trinajstić information content (AvgIpc) is 3.16. The van der Waals surface area contributed by atoms with E-state index in [2.05, 4.69) is 10.6 Å². The second-order valence-electron chi connectivity index (χ2n) is 6.31. The number of carbonyl (C=O) groups excluding carboxylic acids is 2. The summed E-state index contributed by atoms with van der Waals surface area (Å²) in [5.41, 5.74) is 0.498. The van der Waals surface area contributed by atoms with Gasteiger partial charge < -0.3 is 24.3 Å². The van der Waals surface area contributed by atoms with E-state index >= 15 is 0 Å². The van der Waals surface area contributed by atoms with Crippen LogP contribution in [0.5, 0.6) is 23.0 Å². The molecule has 0 saturated heterocycles. The fourth-order valence-corrected chi connectivity index (χ4v) is 2.68. The second kappa shape index (κ2) is 9.65. The summed E-state index contributed by atoms with van der Waals surface area (Å²) in [4.78, 5) is 25.8. The number of amides is 3. The molecule has 9 heteroatoms. The Morgan fingerprint density at radius 3 is 2.66 bits per heavy atom. The van der Waals surface area contributed by atoms with E-state index in [1.54, 1.807) is 37.3 Å². The van der Waals surface area contributed by atoms with E-state index in [0.717, 1.165) is 0 Å². The molecule has 2 aromatic carbocycles. The zero-order valence-electron chi connectivity index (χ0n) is 16.3. The molecule has 0 saturated carbocycles. The van der Waals surface area contributed by atoms with Crippen LogP contribution in [0.25, 0.3) is 0 Å². The first-order chi connectivity index (χ1) is 14.0. The number of hydrogen-bond donors (Lipinski definition) is 2. The number of nitrogens with one attached hydrogen (secondary N) is 2. The van der Waals surface area contributed by atoms with Gasteiger partial charge in [0.1, 0.15) is 6.61 Å². The number of carbonyl (C=O) groups is 2. The Hall–Kier alpha value is -3.46. The van der Waals surface area contributed by atoms with Crippen molar-refractivity contribution in [3.63, 3.8) is 0 Å². The molecule has 0 fully saturated rings. The van der Waals surface area contributed by atoms with Gasteiger partial charge in [0.25, 0.3) is 0 Å². The molecule has 0 radical (unpaired) electrons. The number of anilines is 1. The molecule has 29 heavy (non-hydrogen) atoms. The van der Waals surface area contributed by atoms with Gasteiger partial charge in [-0.2, -0.15) is 0 Å². The molecule has 3 amide bonds. The minimum Gasteiger partial charge on any atom is -0.493 e. The van der Waals surface area contributed by atoms with Crippen molar-refractivity contribution in [1.29, 1.82) is 0 Å². The van der Waals surface area contributed by atoms with Crippen LogP contribution >= 0.6 is 0 Å². The molecule has 2 N–H and O–H groups in total. The van der Waals surface area contributed by atoms with Crippen LogP contribution in [-0.2, 0) is 4.79 Å². The van der Waals surface area contributed by atoms with Crippen LogP contribution in [0.4, 0.5) is 10.5 Å². The van der Waals surface area contributed by atoms with Gasteiger partial charge in [-0.05, 0) is 31.3 Å². The topological polar surface area (TPSA) is 98.4 Å². The molecular formula is C20H23N3O6. The van der Waals surface area contributed by atoms with Gasteiger partial charge in [-0.1, -0.05) is 12.1 Å². The van der Waals surface area contributed by atoms with E-state index in [4.69, 9.17) is 18.9 Å². The number of imide groups is 1. The summed E-state index contributed by atoms with van der Waals surface area (Å²) in [6.45, 7) is 1.06. The van der Waals surface area contributed by atoms with Crippen molar-refractivity contribution in [1.82, 2.24) is 10.2 Å². The molecule has 0 spiro atoms. The number of rotatable bonds is 8. The standard InChI is InChI=1S/C20H23N3O6/c1-23(9-10-27-16-6-4-3-5-15(16)26-2)12-19(24)22-20(25)21-14-7-8-17-18(11-14)29-13-28-17/h3-8,11H,9-10,12-13H2,1-2H3,(H2,21,22,24,25). The maximum atomic E-state index is 12.1. The zero-order chi connectivity index (χ0) is 20.6. The van der Waals surface area contributed by atoms with Crippen LogP contribution in [0.15, 0.2) is 42.5 Å². The molecule has 0 bridgehead atoms. The quantitative estimate of drug-likeness (QED) is 0.699. The molecule has 0 unspecified atom stereocenters. The van der Waals surface area contributed by atoms with Crippen LogP contribution in [0.2, 0.25) is 0 Å². The fourth-order valence-electron chi connectivity index (χ4n) is 2.68. The van der Waals surface area contributed by atoms with E-state index in [1.807, 2.05) is 24.3 Å². The van der Waals surface area contributed by atoms with Crippen molar-refractivity contribution < 1.29 is 28.5 Å². The van der Waals surface area contributed by atoms with Gasteiger partial charge in [-0.15, -0.1) is 0 Å². The summed E-state index contributed by atoms with van der Waals surface area (Å²) in [5, 5.41) is 4.88. The average molecular weight is 401 g/mol. The van der Waals surface area contributed by atoms with Crippen molar-refractivity contribution in [3.05, 3.63) is 42.5 Å². The molecule has 1 aliphatic rings.